The second-order valence-electron chi connectivity index (χ2n) is 2.99. The van der Waals surface area contributed by atoms with Gasteiger partial charge in [0.05, 0.1) is 0 Å². The zero-order chi connectivity index (χ0) is 12.1. The van der Waals surface area contributed by atoms with Gasteiger partial charge in [-0.05, 0) is 13.0 Å². The molecule has 9 heteroatoms. The lowest BCUT2D eigenvalue weighted by molar-refractivity contribution is -0.138. The third kappa shape index (κ3) is 5.64. The maximum Gasteiger partial charge on any atom is 0.321 e. The summed E-state index contributed by atoms with van der Waals surface area (Å²) in [5.74, 6) is -1.28. The highest BCUT2D eigenvalue weighted by Crippen LogP contribution is 1.98. The van der Waals surface area contributed by atoms with Gasteiger partial charge in [-0.1, -0.05) is 0 Å². The summed E-state index contributed by atoms with van der Waals surface area (Å²) < 4.78 is 22.8. The van der Waals surface area contributed by atoms with E-state index in [9.17, 15) is 13.2 Å². The topological polar surface area (TPSA) is 153 Å². The standard InChI is InChI=1S/C6H16N4O4S/c7-2-1-3-10(15(9,13)14)4-5(8)6(11)12/h5H,1-4,7-8H2,(H,11,12)(H2,9,13,14). The van der Waals surface area contributed by atoms with Crippen LogP contribution in [0.5, 0.6) is 0 Å². The Balaban J connectivity index is 4.45. The second kappa shape index (κ2) is 5.98. The van der Waals surface area contributed by atoms with Gasteiger partial charge in [0.25, 0.3) is 10.2 Å². The van der Waals surface area contributed by atoms with Crippen molar-refractivity contribution < 1.29 is 18.3 Å². The van der Waals surface area contributed by atoms with Gasteiger partial charge in [-0.2, -0.15) is 12.7 Å². The molecule has 0 aromatic rings. The van der Waals surface area contributed by atoms with Crippen LogP contribution in [0.3, 0.4) is 0 Å². The fourth-order valence-electron chi connectivity index (χ4n) is 0.888. The molecule has 90 valence electrons. The number of carbonyl (C=O) groups is 1. The number of nitrogens with two attached hydrogens (primary N) is 3. The molecule has 7 N–H and O–H groups in total. The Bertz CT molecular complexity index is 304. The van der Waals surface area contributed by atoms with Crippen LogP contribution in [0.25, 0.3) is 0 Å². The van der Waals surface area contributed by atoms with Gasteiger partial charge in [0.2, 0.25) is 0 Å². The number of rotatable bonds is 7. The summed E-state index contributed by atoms with van der Waals surface area (Å²) in [5, 5.41) is 13.4. The maximum absolute atomic E-state index is 11.0. The molecular formula is C6H16N4O4S. The van der Waals surface area contributed by atoms with Crippen molar-refractivity contribution in [3.05, 3.63) is 0 Å². The Hall–Kier alpha value is -0.740. The number of hydrogen-bond acceptors (Lipinski definition) is 5. The molecule has 0 aliphatic rings. The number of aliphatic carboxylic acids is 1. The monoisotopic (exact) mass is 240 g/mol. The van der Waals surface area contributed by atoms with E-state index in [1.165, 1.54) is 0 Å². The Morgan fingerprint density at radius 2 is 2.00 bits per heavy atom. The van der Waals surface area contributed by atoms with Crippen LogP contribution in [0.2, 0.25) is 0 Å². The Kier molecular flexibility index (Phi) is 5.68. The van der Waals surface area contributed by atoms with E-state index in [-0.39, 0.29) is 19.6 Å². The molecule has 0 aliphatic carbocycles. The number of hydrogen-bond donors (Lipinski definition) is 4. The smallest absolute Gasteiger partial charge is 0.321 e. The van der Waals surface area contributed by atoms with Gasteiger partial charge >= 0.3 is 5.97 Å². The normalized spacial score (nSPS) is 14.1. The van der Waals surface area contributed by atoms with E-state index >= 15 is 0 Å². The first-order valence-electron chi connectivity index (χ1n) is 4.25. The highest BCUT2D eigenvalue weighted by molar-refractivity contribution is 7.86. The Labute approximate surface area is 88.2 Å². The highest BCUT2D eigenvalue weighted by Gasteiger charge is 2.23. The molecule has 0 aliphatic heterocycles. The molecule has 1 atom stereocenters. The lowest BCUT2D eigenvalue weighted by atomic mass is 10.3. The first kappa shape index (κ1) is 14.3. The molecule has 0 bridgehead atoms. The minimum Gasteiger partial charge on any atom is -0.480 e. The third-order valence-corrected chi connectivity index (χ3v) is 2.74. The van der Waals surface area contributed by atoms with Crippen LogP contribution in [-0.2, 0) is 15.0 Å². The summed E-state index contributed by atoms with van der Waals surface area (Å²) in [6.07, 6.45) is 0.392. The van der Waals surface area contributed by atoms with Crippen molar-refractivity contribution in [3.63, 3.8) is 0 Å². The lowest BCUT2D eigenvalue weighted by Crippen LogP contribution is -2.48. The van der Waals surface area contributed by atoms with Gasteiger partial charge < -0.3 is 16.6 Å². The fourth-order valence-corrected chi connectivity index (χ4v) is 1.64. The van der Waals surface area contributed by atoms with E-state index in [0.717, 1.165) is 4.31 Å². The second-order valence-corrected chi connectivity index (χ2v) is 4.54. The van der Waals surface area contributed by atoms with Gasteiger partial charge in [0.15, 0.2) is 0 Å². The first-order valence-corrected chi connectivity index (χ1v) is 5.75. The van der Waals surface area contributed by atoms with Crippen LogP contribution in [-0.4, -0.2) is 49.5 Å². The van der Waals surface area contributed by atoms with E-state index < -0.39 is 22.2 Å². The Morgan fingerprint density at radius 3 is 2.33 bits per heavy atom. The van der Waals surface area contributed by atoms with Gasteiger partial charge in [-0.3, -0.25) is 4.79 Å². The van der Waals surface area contributed by atoms with Gasteiger partial charge in [0, 0.05) is 13.1 Å². The average Bonchev–Trinajstić information content (AvgIpc) is 2.09. The van der Waals surface area contributed by atoms with E-state index in [2.05, 4.69) is 0 Å². The summed E-state index contributed by atoms with van der Waals surface area (Å²) in [5.41, 5.74) is 10.4. The molecule has 0 aromatic carbocycles. The minimum atomic E-state index is -3.93. The van der Waals surface area contributed by atoms with Gasteiger partial charge in [0.1, 0.15) is 6.04 Å². The largest absolute Gasteiger partial charge is 0.480 e. The molecule has 0 amide bonds. The summed E-state index contributed by atoms with van der Waals surface area (Å²) >= 11 is 0. The summed E-state index contributed by atoms with van der Waals surface area (Å²) in [6, 6.07) is -1.29. The van der Waals surface area contributed by atoms with E-state index in [1.54, 1.807) is 0 Å². The van der Waals surface area contributed by atoms with Crippen LogP contribution in [0, 0.1) is 0 Å². The summed E-state index contributed by atoms with van der Waals surface area (Å²) in [6.45, 7) is -0.00118. The third-order valence-electron chi connectivity index (χ3n) is 1.69. The van der Waals surface area contributed by atoms with Crippen molar-refractivity contribution in [2.45, 2.75) is 12.5 Å². The lowest BCUT2D eigenvalue weighted by Gasteiger charge is -2.20. The molecule has 0 fully saturated rings. The van der Waals surface area contributed by atoms with E-state index in [4.69, 9.17) is 21.7 Å². The zero-order valence-electron chi connectivity index (χ0n) is 8.17. The minimum absolute atomic E-state index is 0.0658. The number of nitrogens with zero attached hydrogens (tertiary/aromatic N) is 1. The molecule has 1 unspecified atom stereocenters. The molecule has 8 nitrogen and oxygen atoms in total. The van der Waals surface area contributed by atoms with Crippen molar-refractivity contribution in [2.24, 2.45) is 16.6 Å². The van der Waals surface area contributed by atoms with Crippen LogP contribution in [0.1, 0.15) is 6.42 Å². The summed E-state index contributed by atoms with van der Waals surface area (Å²) in [7, 11) is -3.93. The SMILES string of the molecule is NCCCN(CC(N)C(=O)O)S(N)(=O)=O. The van der Waals surface area contributed by atoms with Crippen LogP contribution in [0.15, 0.2) is 0 Å². The molecule has 15 heavy (non-hydrogen) atoms. The van der Waals surface area contributed by atoms with Crippen molar-refractivity contribution in [1.82, 2.24) is 4.31 Å². The van der Waals surface area contributed by atoms with Crippen LogP contribution < -0.4 is 16.6 Å². The quantitative estimate of drug-likeness (QED) is 0.378. The zero-order valence-corrected chi connectivity index (χ0v) is 8.98. The first-order chi connectivity index (χ1) is 6.79. The molecule has 0 saturated heterocycles. The predicted octanol–water partition coefficient (Wildman–Crippen LogP) is -2.75. The van der Waals surface area contributed by atoms with Crippen LogP contribution >= 0.6 is 0 Å². The highest BCUT2D eigenvalue weighted by atomic mass is 32.2. The van der Waals surface area contributed by atoms with E-state index in [0.29, 0.717) is 6.42 Å². The number of carboxylic acid groups (broad SMARTS) is 1. The van der Waals surface area contributed by atoms with Crippen molar-refractivity contribution in [1.29, 1.82) is 0 Å². The summed E-state index contributed by atoms with van der Waals surface area (Å²) in [4.78, 5) is 10.4. The molecule has 0 radical (unpaired) electrons. The van der Waals surface area contributed by atoms with E-state index in [1.807, 2.05) is 0 Å². The van der Waals surface area contributed by atoms with Crippen molar-refractivity contribution >= 4 is 16.2 Å². The molecule has 0 spiro atoms. The maximum atomic E-state index is 11.0. The van der Waals surface area contributed by atoms with Gasteiger partial charge in [-0.25, -0.2) is 5.14 Å². The fraction of sp³-hybridized carbons (Fsp3) is 0.833. The van der Waals surface area contributed by atoms with Crippen LogP contribution in [0.4, 0.5) is 0 Å². The van der Waals surface area contributed by atoms with Gasteiger partial charge in [-0.15, -0.1) is 0 Å². The number of carboxylic acids is 1. The van der Waals surface area contributed by atoms with Crippen molar-refractivity contribution in [2.75, 3.05) is 19.6 Å². The molecule has 0 saturated carbocycles. The predicted molar refractivity (Wildman–Crippen MR) is 54.0 cm³/mol. The average molecular weight is 240 g/mol. The van der Waals surface area contributed by atoms with Crippen molar-refractivity contribution in [3.8, 4) is 0 Å². The molecule has 0 heterocycles. The molecule has 0 aromatic heterocycles. The molecular weight excluding hydrogens is 224 g/mol. The Morgan fingerprint density at radius 1 is 1.47 bits per heavy atom. The molecule has 0 rings (SSSR count).